The molecule has 0 unspecified atom stereocenters. The molecule has 2 aromatic carbocycles. The molecule has 1 aliphatic heterocycles. The number of hydrogen-bond donors (Lipinski definition) is 1. The molecule has 0 atom stereocenters. The number of carbonyl (C=O) groups is 2. The highest BCUT2D eigenvalue weighted by atomic mass is 16.2. The minimum absolute atomic E-state index is 0.144. The molecule has 0 saturated carbocycles. The van der Waals surface area contributed by atoms with Crippen molar-refractivity contribution in [2.75, 3.05) is 7.05 Å². The van der Waals surface area contributed by atoms with E-state index in [1.165, 1.54) is 0 Å². The molecule has 0 spiro atoms. The van der Waals surface area contributed by atoms with Crippen molar-refractivity contribution in [3.8, 4) is 0 Å². The van der Waals surface area contributed by atoms with Gasteiger partial charge in [-0.15, -0.1) is 0 Å². The van der Waals surface area contributed by atoms with E-state index >= 15 is 0 Å². The zero-order chi connectivity index (χ0) is 11.3. The summed E-state index contributed by atoms with van der Waals surface area (Å²) < 4.78 is 0. The van der Waals surface area contributed by atoms with Crippen LogP contribution in [0.4, 0.5) is 0 Å². The van der Waals surface area contributed by atoms with Crippen LogP contribution in [0.5, 0.6) is 0 Å². The maximum Gasteiger partial charge on any atom is 0.352 e. The van der Waals surface area contributed by atoms with Crippen molar-refractivity contribution in [2.24, 2.45) is 0 Å². The Morgan fingerprint density at radius 3 is 1.88 bits per heavy atom. The fraction of sp³-hybridized carbons (Fsp3) is 0.0769. The molecule has 2 aromatic rings. The Morgan fingerprint density at radius 1 is 0.875 bits per heavy atom. The molecule has 0 radical (unpaired) electrons. The highest BCUT2D eigenvalue weighted by Crippen LogP contribution is 2.24. The van der Waals surface area contributed by atoms with Crippen LogP contribution in [0, 0.1) is 0 Å². The smallest absolute Gasteiger partial charge is 0.225 e. The Bertz CT molecular complexity index is 580. The maximum atomic E-state index is 12.0. The van der Waals surface area contributed by atoms with Crippen molar-refractivity contribution < 1.29 is 14.5 Å². The van der Waals surface area contributed by atoms with Gasteiger partial charge in [0.25, 0.3) is 0 Å². The van der Waals surface area contributed by atoms with Gasteiger partial charge in [0.1, 0.15) is 0 Å². The molecule has 0 aromatic heterocycles. The number of quaternary nitrogens is 1. The molecule has 1 heterocycles. The SMILES string of the molecule is C[NH+]1C(=O)c2cccc3cccc(c23)C1=O. The Kier molecular flexibility index (Phi) is 1.73. The molecular weight excluding hydrogens is 202 g/mol. The largest absolute Gasteiger partial charge is 0.352 e. The summed E-state index contributed by atoms with van der Waals surface area (Å²) >= 11 is 0. The van der Waals surface area contributed by atoms with E-state index in [0.717, 1.165) is 10.8 Å². The standard InChI is InChI=1S/C13H9NO2/c1-14-12(15)9-6-2-4-8-5-3-7-10(11(8)9)13(14)16/h2-7H,1H3/p+1. The fourth-order valence-electron chi connectivity index (χ4n) is 2.23. The first-order chi connectivity index (χ1) is 7.70. The van der Waals surface area contributed by atoms with E-state index in [0.29, 0.717) is 16.0 Å². The van der Waals surface area contributed by atoms with Crippen LogP contribution in [-0.2, 0) is 0 Å². The van der Waals surface area contributed by atoms with Crippen molar-refractivity contribution in [1.82, 2.24) is 0 Å². The van der Waals surface area contributed by atoms with Crippen molar-refractivity contribution in [3.63, 3.8) is 0 Å². The quantitative estimate of drug-likeness (QED) is 0.651. The van der Waals surface area contributed by atoms with Crippen molar-refractivity contribution in [3.05, 3.63) is 47.5 Å². The zero-order valence-corrected chi connectivity index (χ0v) is 8.78. The Balaban J connectivity index is 2.52. The van der Waals surface area contributed by atoms with Gasteiger partial charge in [-0.3, -0.25) is 0 Å². The van der Waals surface area contributed by atoms with Crippen LogP contribution in [-0.4, -0.2) is 18.9 Å². The van der Waals surface area contributed by atoms with E-state index in [9.17, 15) is 9.59 Å². The average molecular weight is 212 g/mol. The summed E-state index contributed by atoms with van der Waals surface area (Å²) in [4.78, 5) is 24.2. The van der Waals surface area contributed by atoms with Crippen LogP contribution in [0.15, 0.2) is 36.4 Å². The predicted octanol–water partition coefficient (Wildman–Crippen LogP) is 0.648. The van der Waals surface area contributed by atoms with Gasteiger partial charge in [0, 0.05) is 5.39 Å². The number of hydrogen-bond acceptors (Lipinski definition) is 2. The zero-order valence-electron chi connectivity index (χ0n) is 8.78. The van der Waals surface area contributed by atoms with Gasteiger partial charge in [0.2, 0.25) is 0 Å². The van der Waals surface area contributed by atoms with Gasteiger partial charge in [-0.1, -0.05) is 24.3 Å². The minimum atomic E-state index is -0.144. The second kappa shape index (κ2) is 3.00. The van der Waals surface area contributed by atoms with Crippen LogP contribution in [0.3, 0.4) is 0 Å². The lowest BCUT2D eigenvalue weighted by Crippen LogP contribution is -3.14. The van der Waals surface area contributed by atoms with Crippen LogP contribution in [0.25, 0.3) is 10.8 Å². The summed E-state index contributed by atoms with van der Waals surface area (Å²) in [6, 6.07) is 11.1. The second-order valence-corrected chi connectivity index (χ2v) is 3.99. The molecule has 16 heavy (non-hydrogen) atoms. The fourth-order valence-corrected chi connectivity index (χ4v) is 2.23. The third-order valence-corrected chi connectivity index (χ3v) is 3.08. The molecule has 1 aliphatic rings. The topological polar surface area (TPSA) is 38.6 Å². The van der Waals surface area contributed by atoms with Gasteiger partial charge in [-0.05, 0) is 17.5 Å². The van der Waals surface area contributed by atoms with E-state index in [2.05, 4.69) is 0 Å². The van der Waals surface area contributed by atoms with Crippen LogP contribution >= 0.6 is 0 Å². The Labute approximate surface area is 92.3 Å². The predicted molar refractivity (Wildman–Crippen MR) is 59.5 cm³/mol. The number of carbonyl (C=O) groups excluding carboxylic acids is 2. The molecule has 0 fully saturated rings. The summed E-state index contributed by atoms with van der Waals surface area (Å²) in [5, 5.41) is 1.75. The maximum absolute atomic E-state index is 12.0. The van der Waals surface area contributed by atoms with Crippen LogP contribution in [0.2, 0.25) is 0 Å². The van der Waals surface area contributed by atoms with E-state index in [1.54, 1.807) is 19.2 Å². The molecule has 2 amide bonds. The van der Waals surface area contributed by atoms with Gasteiger partial charge in [-0.25, -0.2) is 14.5 Å². The summed E-state index contributed by atoms with van der Waals surface area (Å²) in [7, 11) is 1.60. The van der Waals surface area contributed by atoms with Crippen molar-refractivity contribution in [1.29, 1.82) is 0 Å². The van der Waals surface area contributed by atoms with E-state index < -0.39 is 0 Å². The highest BCUT2D eigenvalue weighted by Gasteiger charge is 2.34. The first-order valence-electron chi connectivity index (χ1n) is 5.15. The molecule has 3 nitrogen and oxygen atoms in total. The monoisotopic (exact) mass is 212 g/mol. The first-order valence-corrected chi connectivity index (χ1v) is 5.15. The lowest BCUT2D eigenvalue weighted by Gasteiger charge is -2.18. The summed E-state index contributed by atoms with van der Waals surface area (Å²) in [6.07, 6.45) is 0. The number of rotatable bonds is 0. The Morgan fingerprint density at radius 2 is 1.38 bits per heavy atom. The first kappa shape index (κ1) is 9.24. The molecule has 0 aliphatic carbocycles. The summed E-state index contributed by atoms with van der Waals surface area (Å²) in [6.45, 7) is 0. The van der Waals surface area contributed by atoms with Gasteiger partial charge in [-0.2, -0.15) is 0 Å². The number of amides is 2. The molecule has 78 valence electrons. The van der Waals surface area contributed by atoms with Gasteiger partial charge in [0.15, 0.2) is 0 Å². The number of nitrogens with one attached hydrogen (secondary N) is 1. The van der Waals surface area contributed by atoms with Gasteiger partial charge >= 0.3 is 11.8 Å². The second-order valence-electron chi connectivity index (χ2n) is 3.99. The molecular formula is C13H10NO2+. The van der Waals surface area contributed by atoms with E-state index in [-0.39, 0.29) is 11.8 Å². The average Bonchev–Trinajstić information content (AvgIpc) is 2.33. The van der Waals surface area contributed by atoms with E-state index in [4.69, 9.17) is 0 Å². The normalized spacial score (nSPS) is 15.8. The molecule has 1 N–H and O–H groups in total. The molecule has 0 bridgehead atoms. The highest BCUT2D eigenvalue weighted by molar-refractivity contribution is 6.18. The van der Waals surface area contributed by atoms with Crippen LogP contribution < -0.4 is 4.90 Å². The third kappa shape index (κ3) is 1.01. The van der Waals surface area contributed by atoms with Gasteiger partial charge < -0.3 is 0 Å². The van der Waals surface area contributed by atoms with Crippen LogP contribution in [0.1, 0.15) is 20.7 Å². The van der Waals surface area contributed by atoms with Crippen molar-refractivity contribution >= 4 is 22.6 Å². The summed E-state index contributed by atoms with van der Waals surface area (Å²) in [5.41, 5.74) is 1.29. The summed E-state index contributed by atoms with van der Waals surface area (Å²) in [5.74, 6) is -0.288. The third-order valence-electron chi connectivity index (χ3n) is 3.08. The Hall–Kier alpha value is -2.00. The molecule has 3 heteroatoms. The van der Waals surface area contributed by atoms with Gasteiger partial charge in [0.05, 0.1) is 18.2 Å². The van der Waals surface area contributed by atoms with E-state index in [1.807, 2.05) is 24.3 Å². The van der Waals surface area contributed by atoms with Crippen molar-refractivity contribution in [2.45, 2.75) is 0 Å². The number of benzene rings is 2. The molecule has 3 rings (SSSR count). The number of imide groups is 1. The molecule has 0 saturated heterocycles. The lowest BCUT2D eigenvalue weighted by molar-refractivity contribution is -0.698. The minimum Gasteiger partial charge on any atom is -0.225 e. The lowest BCUT2D eigenvalue weighted by atomic mass is 9.94.